The second-order valence-electron chi connectivity index (χ2n) is 6.96. The zero-order chi connectivity index (χ0) is 22.0. The summed E-state index contributed by atoms with van der Waals surface area (Å²) in [5.74, 6) is 0.213. The van der Waals surface area contributed by atoms with Crippen molar-refractivity contribution in [1.82, 2.24) is 19.2 Å². The van der Waals surface area contributed by atoms with Crippen molar-refractivity contribution in [3.63, 3.8) is 0 Å². The smallest absolute Gasteiger partial charge is 0.243 e. The molecule has 1 saturated heterocycles. The first-order valence-electron chi connectivity index (χ1n) is 9.57. The number of hydrogen-bond donors (Lipinski definition) is 1. The number of ether oxygens (including phenoxy) is 1. The van der Waals surface area contributed by atoms with Crippen molar-refractivity contribution in [2.75, 3.05) is 39.0 Å². The maximum Gasteiger partial charge on any atom is 0.243 e. The summed E-state index contributed by atoms with van der Waals surface area (Å²) in [6.45, 7) is 0.899. The number of sulfonamides is 1. The summed E-state index contributed by atoms with van der Waals surface area (Å²) in [7, 11) is -2.19. The Hall–Kier alpha value is -2.63. The number of imidazole rings is 1. The number of halogens is 1. The number of H-pyrrole nitrogens is 1. The minimum atomic E-state index is -3.78. The third kappa shape index (κ3) is 4.68. The van der Waals surface area contributed by atoms with Crippen molar-refractivity contribution in [3.8, 4) is 5.75 Å². The van der Waals surface area contributed by atoms with Gasteiger partial charge in [0.2, 0.25) is 15.9 Å². The van der Waals surface area contributed by atoms with Crippen LogP contribution in [0.5, 0.6) is 5.75 Å². The van der Waals surface area contributed by atoms with Crippen LogP contribution in [0.1, 0.15) is 0 Å². The highest BCUT2D eigenvalue weighted by atomic mass is 32.2. The van der Waals surface area contributed by atoms with Gasteiger partial charge in [-0.15, -0.1) is 0 Å². The average Bonchev–Trinajstić information content (AvgIpc) is 3.19. The number of carbonyl (C=O) groups excluding carboxylic acids is 1. The number of piperazine rings is 1. The third-order valence-corrected chi connectivity index (χ3v) is 7.78. The summed E-state index contributed by atoms with van der Waals surface area (Å²) in [4.78, 5) is 21.8. The van der Waals surface area contributed by atoms with E-state index in [4.69, 9.17) is 4.74 Å². The predicted molar refractivity (Wildman–Crippen MR) is 115 cm³/mol. The van der Waals surface area contributed by atoms with E-state index in [0.29, 0.717) is 5.16 Å². The van der Waals surface area contributed by atoms with Crippen molar-refractivity contribution < 1.29 is 22.3 Å². The first kappa shape index (κ1) is 21.6. The summed E-state index contributed by atoms with van der Waals surface area (Å²) in [6, 6.07) is 10.4. The lowest BCUT2D eigenvalue weighted by molar-refractivity contribution is -0.129. The quantitative estimate of drug-likeness (QED) is 0.563. The molecule has 0 aliphatic carbocycles. The maximum absolute atomic E-state index is 13.4. The molecule has 1 amide bonds. The Morgan fingerprint density at radius 3 is 2.68 bits per heavy atom. The van der Waals surface area contributed by atoms with Gasteiger partial charge >= 0.3 is 0 Å². The van der Waals surface area contributed by atoms with Crippen molar-refractivity contribution in [2.45, 2.75) is 10.1 Å². The van der Waals surface area contributed by atoms with E-state index in [1.807, 2.05) is 18.2 Å². The number of nitrogens with zero attached hydrogens (tertiary/aromatic N) is 3. The molecule has 2 aromatic carbocycles. The summed E-state index contributed by atoms with van der Waals surface area (Å²) in [5.41, 5.74) is 1.61. The molecule has 1 N–H and O–H groups in total. The van der Waals surface area contributed by atoms with Gasteiger partial charge < -0.3 is 14.6 Å². The number of nitrogens with one attached hydrogen (secondary N) is 1. The summed E-state index contributed by atoms with van der Waals surface area (Å²) in [5, 5.41) is 0.629. The van der Waals surface area contributed by atoms with E-state index in [-0.39, 0.29) is 42.7 Å². The number of rotatable bonds is 6. The van der Waals surface area contributed by atoms with Crippen molar-refractivity contribution >= 4 is 38.7 Å². The average molecular weight is 465 g/mol. The van der Waals surface area contributed by atoms with E-state index in [2.05, 4.69) is 9.97 Å². The van der Waals surface area contributed by atoms with Gasteiger partial charge in [-0.1, -0.05) is 17.8 Å². The van der Waals surface area contributed by atoms with Crippen LogP contribution in [-0.2, 0) is 14.8 Å². The molecule has 0 saturated carbocycles. The van der Waals surface area contributed by atoms with Crippen molar-refractivity contribution in [2.24, 2.45) is 0 Å². The van der Waals surface area contributed by atoms with Crippen LogP contribution in [0.2, 0.25) is 0 Å². The molecule has 1 aliphatic rings. The van der Waals surface area contributed by atoms with E-state index < -0.39 is 15.8 Å². The molecule has 0 radical (unpaired) electrons. The SMILES string of the molecule is COc1ccc2nc(SCC(=O)N3CCN(S(=O)(=O)c4cccc(F)c4)CC3)[nH]c2c1. The predicted octanol–water partition coefficient (Wildman–Crippen LogP) is 2.34. The number of carbonyl (C=O) groups is 1. The first-order chi connectivity index (χ1) is 14.9. The van der Waals surface area contributed by atoms with E-state index in [9.17, 15) is 17.6 Å². The molecule has 31 heavy (non-hydrogen) atoms. The van der Waals surface area contributed by atoms with Crippen LogP contribution in [-0.4, -0.2) is 72.5 Å². The number of fused-ring (bicyclic) bond motifs is 1. The van der Waals surface area contributed by atoms with Crippen LogP contribution < -0.4 is 4.74 Å². The van der Waals surface area contributed by atoms with Crippen LogP contribution >= 0.6 is 11.8 Å². The standard InChI is InChI=1S/C20H21FN4O4S2/c1-29-15-5-6-17-18(12-15)23-20(22-17)30-13-19(26)24-7-9-25(10-8-24)31(27,28)16-4-2-3-14(21)11-16/h2-6,11-12H,7-10,13H2,1H3,(H,22,23). The van der Waals surface area contributed by atoms with Gasteiger partial charge in [0.25, 0.3) is 0 Å². The molecular weight excluding hydrogens is 443 g/mol. The van der Waals surface area contributed by atoms with Gasteiger partial charge in [-0.2, -0.15) is 4.31 Å². The molecule has 8 nitrogen and oxygen atoms in total. The van der Waals surface area contributed by atoms with E-state index in [0.717, 1.165) is 22.8 Å². The minimum absolute atomic E-state index is 0.0793. The van der Waals surface area contributed by atoms with E-state index in [1.165, 1.54) is 34.3 Å². The van der Waals surface area contributed by atoms with Gasteiger partial charge in [0.05, 0.1) is 28.8 Å². The van der Waals surface area contributed by atoms with Crippen LogP contribution in [0.4, 0.5) is 4.39 Å². The number of methoxy groups -OCH3 is 1. The number of hydrogen-bond acceptors (Lipinski definition) is 6. The monoisotopic (exact) mass is 464 g/mol. The minimum Gasteiger partial charge on any atom is -0.497 e. The van der Waals surface area contributed by atoms with Gasteiger partial charge in [0.15, 0.2) is 5.16 Å². The van der Waals surface area contributed by atoms with Gasteiger partial charge in [0, 0.05) is 32.2 Å². The van der Waals surface area contributed by atoms with Crippen LogP contribution in [0.3, 0.4) is 0 Å². The molecule has 3 aromatic rings. The zero-order valence-corrected chi connectivity index (χ0v) is 18.4. The van der Waals surface area contributed by atoms with E-state index in [1.54, 1.807) is 12.0 Å². The molecule has 164 valence electrons. The highest BCUT2D eigenvalue weighted by Crippen LogP contribution is 2.24. The third-order valence-electron chi connectivity index (χ3n) is 5.02. The van der Waals surface area contributed by atoms with Crippen molar-refractivity contribution in [3.05, 3.63) is 48.3 Å². The highest BCUT2D eigenvalue weighted by molar-refractivity contribution is 7.99. The van der Waals surface area contributed by atoms with Crippen LogP contribution in [0.15, 0.2) is 52.5 Å². The highest BCUT2D eigenvalue weighted by Gasteiger charge is 2.30. The Labute approximate surface area is 183 Å². The Kier molecular flexibility index (Phi) is 6.17. The molecule has 2 heterocycles. The van der Waals surface area contributed by atoms with Crippen LogP contribution in [0, 0.1) is 5.82 Å². The summed E-state index contributed by atoms with van der Waals surface area (Å²) >= 11 is 1.29. The van der Waals surface area contributed by atoms with Gasteiger partial charge in [-0.05, 0) is 30.3 Å². The normalized spacial score (nSPS) is 15.4. The second-order valence-corrected chi connectivity index (χ2v) is 9.86. The molecule has 0 unspecified atom stereocenters. The van der Waals surface area contributed by atoms with Crippen molar-refractivity contribution in [1.29, 1.82) is 0 Å². The number of aromatic nitrogens is 2. The maximum atomic E-state index is 13.4. The van der Waals surface area contributed by atoms with Gasteiger partial charge in [0.1, 0.15) is 11.6 Å². The molecule has 1 aromatic heterocycles. The fourth-order valence-electron chi connectivity index (χ4n) is 3.34. The Bertz CT molecular complexity index is 1210. The molecule has 0 bridgehead atoms. The lowest BCUT2D eigenvalue weighted by Gasteiger charge is -2.34. The lowest BCUT2D eigenvalue weighted by atomic mass is 10.3. The fourth-order valence-corrected chi connectivity index (χ4v) is 5.58. The second kappa shape index (κ2) is 8.85. The molecule has 4 rings (SSSR count). The first-order valence-corrected chi connectivity index (χ1v) is 12.0. The van der Waals surface area contributed by atoms with E-state index >= 15 is 0 Å². The van der Waals surface area contributed by atoms with Gasteiger partial charge in [-0.25, -0.2) is 17.8 Å². The Balaban J connectivity index is 1.33. The molecule has 1 aliphatic heterocycles. The fraction of sp³-hybridized carbons (Fsp3) is 0.300. The molecule has 1 fully saturated rings. The number of benzene rings is 2. The zero-order valence-electron chi connectivity index (χ0n) is 16.7. The largest absolute Gasteiger partial charge is 0.497 e. The Morgan fingerprint density at radius 1 is 1.19 bits per heavy atom. The Morgan fingerprint density at radius 2 is 1.97 bits per heavy atom. The molecule has 0 atom stereocenters. The lowest BCUT2D eigenvalue weighted by Crippen LogP contribution is -2.50. The molecule has 0 spiro atoms. The summed E-state index contributed by atoms with van der Waals surface area (Å²) < 4.78 is 45.3. The van der Waals surface area contributed by atoms with Crippen LogP contribution in [0.25, 0.3) is 11.0 Å². The summed E-state index contributed by atoms with van der Waals surface area (Å²) in [6.07, 6.45) is 0. The molecule has 11 heteroatoms. The number of amides is 1. The number of aromatic amines is 1. The number of thioether (sulfide) groups is 1. The molecular formula is C20H21FN4O4S2. The topological polar surface area (TPSA) is 95.6 Å². The van der Waals surface area contributed by atoms with Gasteiger partial charge in [-0.3, -0.25) is 4.79 Å².